The van der Waals surface area contributed by atoms with E-state index >= 15 is 0 Å². The number of esters is 1. The number of rotatable bonds is 5. The molecular formula is C13H13BrO4. The predicted octanol–water partition coefficient (Wildman–Crippen LogP) is 2.87. The van der Waals surface area contributed by atoms with Crippen molar-refractivity contribution in [2.75, 3.05) is 6.61 Å². The molecule has 1 rings (SSSR count). The van der Waals surface area contributed by atoms with Gasteiger partial charge in [-0.3, -0.25) is 4.79 Å². The van der Waals surface area contributed by atoms with Crippen molar-refractivity contribution in [1.29, 1.82) is 0 Å². The van der Waals surface area contributed by atoms with Crippen molar-refractivity contribution in [2.45, 2.75) is 13.3 Å². The van der Waals surface area contributed by atoms with Gasteiger partial charge in [-0.05, 0) is 30.7 Å². The van der Waals surface area contributed by atoms with E-state index < -0.39 is 11.9 Å². The highest BCUT2D eigenvalue weighted by Gasteiger charge is 2.14. The third kappa shape index (κ3) is 4.71. The van der Waals surface area contributed by atoms with Crippen molar-refractivity contribution in [3.8, 4) is 0 Å². The molecule has 4 nitrogen and oxygen atoms in total. The minimum absolute atomic E-state index is 0.131. The molecule has 0 aromatic heterocycles. The maximum Gasteiger partial charge on any atom is 0.334 e. The molecule has 0 atom stereocenters. The first-order chi connectivity index (χ1) is 8.52. The summed E-state index contributed by atoms with van der Waals surface area (Å²) in [7, 11) is 0. The summed E-state index contributed by atoms with van der Waals surface area (Å²) in [5, 5.41) is 8.77. The Morgan fingerprint density at radius 1 is 1.33 bits per heavy atom. The number of benzene rings is 1. The molecule has 0 heterocycles. The van der Waals surface area contributed by atoms with Crippen LogP contribution in [0.2, 0.25) is 0 Å². The number of carboxylic acid groups (broad SMARTS) is 1. The highest BCUT2D eigenvalue weighted by atomic mass is 79.9. The van der Waals surface area contributed by atoms with Gasteiger partial charge in [0.1, 0.15) is 0 Å². The molecule has 1 aromatic carbocycles. The van der Waals surface area contributed by atoms with E-state index in [2.05, 4.69) is 15.9 Å². The van der Waals surface area contributed by atoms with Gasteiger partial charge in [-0.1, -0.05) is 28.1 Å². The molecule has 0 unspecified atom stereocenters. The smallest absolute Gasteiger partial charge is 0.334 e. The van der Waals surface area contributed by atoms with Crippen LogP contribution >= 0.6 is 15.9 Å². The molecule has 1 aromatic rings. The second-order valence-corrected chi connectivity index (χ2v) is 4.43. The molecule has 18 heavy (non-hydrogen) atoms. The Morgan fingerprint density at radius 3 is 2.44 bits per heavy atom. The molecule has 0 amide bonds. The normalized spacial score (nSPS) is 11.1. The molecule has 0 spiro atoms. The van der Waals surface area contributed by atoms with Crippen LogP contribution in [0.3, 0.4) is 0 Å². The summed E-state index contributed by atoms with van der Waals surface area (Å²) in [5.41, 5.74) is 0.883. The van der Waals surface area contributed by atoms with Crippen molar-refractivity contribution in [1.82, 2.24) is 0 Å². The number of ether oxygens (including phenoxy) is 1. The van der Waals surface area contributed by atoms with Gasteiger partial charge in [0, 0.05) is 10.0 Å². The fraction of sp³-hybridized carbons (Fsp3) is 0.231. The fourth-order valence-corrected chi connectivity index (χ4v) is 1.59. The summed E-state index contributed by atoms with van der Waals surface area (Å²) in [6, 6.07) is 7.20. The summed E-state index contributed by atoms with van der Waals surface area (Å²) in [5.74, 6) is -1.66. The average Bonchev–Trinajstić information content (AvgIpc) is 2.31. The molecule has 0 bridgehead atoms. The average molecular weight is 313 g/mol. The zero-order valence-corrected chi connectivity index (χ0v) is 11.4. The van der Waals surface area contributed by atoms with Gasteiger partial charge in [0.15, 0.2) is 0 Å². The van der Waals surface area contributed by atoms with Crippen LogP contribution in [0.25, 0.3) is 6.08 Å². The van der Waals surface area contributed by atoms with E-state index in [0.29, 0.717) is 0 Å². The van der Waals surface area contributed by atoms with E-state index in [1.54, 1.807) is 19.1 Å². The molecule has 0 saturated carbocycles. The molecule has 0 aliphatic heterocycles. The van der Waals surface area contributed by atoms with Crippen molar-refractivity contribution in [2.24, 2.45) is 0 Å². The van der Waals surface area contributed by atoms with Gasteiger partial charge in [0.05, 0.1) is 13.0 Å². The molecule has 5 heteroatoms. The van der Waals surface area contributed by atoms with Crippen LogP contribution in [0.5, 0.6) is 0 Å². The van der Waals surface area contributed by atoms with Gasteiger partial charge in [0.2, 0.25) is 0 Å². The van der Waals surface area contributed by atoms with Gasteiger partial charge in [-0.25, -0.2) is 4.79 Å². The highest BCUT2D eigenvalue weighted by Crippen LogP contribution is 2.15. The maximum atomic E-state index is 11.6. The summed E-state index contributed by atoms with van der Waals surface area (Å²) >= 11 is 3.30. The first-order valence-electron chi connectivity index (χ1n) is 5.38. The second-order valence-electron chi connectivity index (χ2n) is 3.51. The van der Waals surface area contributed by atoms with Crippen LogP contribution in [0.4, 0.5) is 0 Å². The maximum absolute atomic E-state index is 11.6. The van der Waals surface area contributed by atoms with E-state index in [9.17, 15) is 9.59 Å². The lowest BCUT2D eigenvalue weighted by Gasteiger charge is -2.05. The molecule has 96 valence electrons. The van der Waals surface area contributed by atoms with Crippen molar-refractivity contribution in [3.05, 3.63) is 39.9 Å². The molecular weight excluding hydrogens is 300 g/mol. The van der Waals surface area contributed by atoms with Crippen LogP contribution in [0.15, 0.2) is 34.3 Å². The van der Waals surface area contributed by atoms with E-state index in [0.717, 1.165) is 10.0 Å². The number of hydrogen-bond donors (Lipinski definition) is 1. The number of carbonyl (C=O) groups excluding carboxylic acids is 1. The second kappa shape index (κ2) is 6.96. The zero-order chi connectivity index (χ0) is 13.5. The quantitative estimate of drug-likeness (QED) is 0.670. The largest absolute Gasteiger partial charge is 0.481 e. The van der Waals surface area contributed by atoms with Crippen LogP contribution < -0.4 is 0 Å². The summed E-state index contributed by atoms with van der Waals surface area (Å²) in [6.07, 6.45) is 1.17. The molecule has 0 aliphatic carbocycles. The number of hydrogen-bond acceptors (Lipinski definition) is 3. The van der Waals surface area contributed by atoms with E-state index in [4.69, 9.17) is 9.84 Å². The third-order valence-corrected chi connectivity index (χ3v) is 2.62. The van der Waals surface area contributed by atoms with Crippen LogP contribution in [-0.4, -0.2) is 23.7 Å². The highest BCUT2D eigenvalue weighted by molar-refractivity contribution is 9.10. The van der Waals surface area contributed by atoms with Crippen molar-refractivity contribution in [3.63, 3.8) is 0 Å². The van der Waals surface area contributed by atoms with Gasteiger partial charge >= 0.3 is 11.9 Å². The fourth-order valence-electron chi connectivity index (χ4n) is 1.33. The van der Waals surface area contributed by atoms with Crippen molar-refractivity contribution >= 4 is 33.9 Å². The number of carboxylic acids is 1. The molecule has 0 radical (unpaired) electrons. The lowest BCUT2D eigenvalue weighted by Crippen LogP contribution is -2.11. The van der Waals surface area contributed by atoms with E-state index in [-0.39, 0.29) is 18.6 Å². The molecule has 0 saturated heterocycles. The Kier molecular flexibility index (Phi) is 5.58. The SMILES string of the molecule is CCOC(=O)C(=Cc1ccc(Br)cc1)CC(=O)O. The van der Waals surface area contributed by atoms with Crippen molar-refractivity contribution < 1.29 is 19.4 Å². The number of aliphatic carboxylic acids is 1. The topological polar surface area (TPSA) is 63.6 Å². The molecule has 0 aliphatic rings. The third-order valence-electron chi connectivity index (χ3n) is 2.09. The lowest BCUT2D eigenvalue weighted by atomic mass is 10.1. The summed E-state index contributed by atoms with van der Waals surface area (Å²) < 4.78 is 5.73. The number of halogens is 1. The summed E-state index contributed by atoms with van der Waals surface area (Å²) in [4.78, 5) is 22.3. The first-order valence-corrected chi connectivity index (χ1v) is 6.17. The molecule has 0 fully saturated rings. The Hall–Kier alpha value is -1.62. The minimum Gasteiger partial charge on any atom is -0.481 e. The van der Waals surface area contributed by atoms with Gasteiger partial charge in [-0.2, -0.15) is 0 Å². The van der Waals surface area contributed by atoms with Crippen LogP contribution in [0.1, 0.15) is 18.9 Å². The van der Waals surface area contributed by atoms with Gasteiger partial charge in [-0.15, -0.1) is 0 Å². The monoisotopic (exact) mass is 312 g/mol. The van der Waals surface area contributed by atoms with E-state index in [1.165, 1.54) is 6.08 Å². The predicted molar refractivity (Wildman–Crippen MR) is 71.0 cm³/mol. The Balaban J connectivity index is 2.97. The summed E-state index contributed by atoms with van der Waals surface area (Å²) in [6.45, 7) is 1.89. The van der Waals surface area contributed by atoms with Gasteiger partial charge in [0.25, 0.3) is 0 Å². The number of carbonyl (C=O) groups is 2. The minimum atomic E-state index is -1.06. The lowest BCUT2D eigenvalue weighted by molar-refractivity contribution is -0.142. The first kappa shape index (κ1) is 14.4. The molecule has 1 N–H and O–H groups in total. The Labute approximate surface area is 113 Å². The Morgan fingerprint density at radius 2 is 1.94 bits per heavy atom. The van der Waals surface area contributed by atoms with Crippen LogP contribution in [0, 0.1) is 0 Å². The Bertz CT molecular complexity index is 462. The van der Waals surface area contributed by atoms with E-state index in [1.807, 2.05) is 12.1 Å². The zero-order valence-electron chi connectivity index (χ0n) is 9.85. The standard InChI is InChI=1S/C13H13BrO4/c1-2-18-13(17)10(8-12(15)16)7-9-3-5-11(14)6-4-9/h3-7H,2,8H2,1H3,(H,15,16). The van der Waals surface area contributed by atoms with Crippen LogP contribution in [-0.2, 0) is 14.3 Å². The van der Waals surface area contributed by atoms with Gasteiger partial charge < -0.3 is 9.84 Å².